The van der Waals surface area contributed by atoms with Crippen molar-refractivity contribution in [2.45, 2.75) is 26.4 Å². The molecule has 0 saturated carbocycles. The van der Waals surface area contributed by atoms with Gasteiger partial charge in [-0.2, -0.15) is 0 Å². The third-order valence-corrected chi connectivity index (χ3v) is 7.48. The molecule has 7 nitrogen and oxygen atoms in total. The molecule has 0 bridgehead atoms. The number of benzene rings is 2. The van der Waals surface area contributed by atoms with Gasteiger partial charge >= 0.3 is 0 Å². The van der Waals surface area contributed by atoms with Crippen molar-refractivity contribution in [3.8, 4) is 0 Å². The molecule has 2 aromatic heterocycles. The largest absolute Gasteiger partial charge is 0.454 e. The van der Waals surface area contributed by atoms with Gasteiger partial charge in [0.2, 0.25) is 0 Å². The summed E-state index contributed by atoms with van der Waals surface area (Å²) in [5.41, 5.74) is 2.59. The summed E-state index contributed by atoms with van der Waals surface area (Å²) in [7, 11) is 0. The average molecular weight is 569 g/mol. The van der Waals surface area contributed by atoms with Crippen LogP contribution < -0.4 is 0 Å². The Morgan fingerprint density at radius 3 is 2.43 bits per heavy atom. The van der Waals surface area contributed by atoms with Crippen molar-refractivity contribution in [1.29, 1.82) is 0 Å². The summed E-state index contributed by atoms with van der Waals surface area (Å²) in [6, 6.07) is 23.4. The number of furan rings is 1. The molecule has 4 aromatic rings. The highest BCUT2D eigenvalue weighted by Crippen LogP contribution is 2.18. The highest BCUT2D eigenvalue weighted by molar-refractivity contribution is 5.94. The molecule has 2 amide bonds. The maximum Gasteiger partial charge on any atom is 0.289 e. The van der Waals surface area contributed by atoms with E-state index in [4.69, 9.17) is 4.42 Å². The second-order valence-electron chi connectivity index (χ2n) is 10.5. The van der Waals surface area contributed by atoms with Crippen LogP contribution in [0.3, 0.4) is 0 Å². The molecule has 0 unspecified atom stereocenters. The summed E-state index contributed by atoms with van der Waals surface area (Å²) in [5.74, 6) is 0.422. The molecule has 2 aromatic carbocycles. The molecule has 0 atom stereocenters. The Morgan fingerprint density at radius 1 is 0.929 bits per heavy atom. The Bertz CT molecular complexity index is 1480. The van der Waals surface area contributed by atoms with Gasteiger partial charge in [-0.25, -0.2) is 4.39 Å². The fraction of sp³-hybridized carbons (Fsp3) is 0.294. The van der Waals surface area contributed by atoms with E-state index in [1.165, 1.54) is 29.8 Å². The van der Waals surface area contributed by atoms with Crippen molar-refractivity contribution in [3.05, 3.63) is 125 Å². The minimum atomic E-state index is -0.368. The van der Waals surface area contributed by atoms with Gasteiger partial charge in [0.05, 0.1) is 13.1 Å². The van der Waals surface area contributed by atoms with Gasteiger partial charge in [0.1, 0.15) is 11.6 Å². The van der Waals surface area contributed by atoms with Gasteiger partial charge in [0, 0.05) is 56.7 Å². The molecule has 0 radical (unpaired) electrons. The van der Waals surface area contributed by atoms with Crippen LogP contribution in [0.25, 0.3) is 6.08 Å². The normalized spacial score (nSPS) is 14.0. The highest BCUT2D eigenvalue weighted by atomic mass is 19.1. The van der Waals surface area contributed by atoms with E-state index in [2.05, 4.69) is 29.2 Å². The summed E-state index contributed by atoms with van der Waals surface area (Å²) in [6.45, 7) is 7.26. The number of carbonyl (C=O) groups is 2. The van der Waals surface area contributed by atoms with Gasteiger partial charge in [0.25, 0.3) is 11.8 Å². The van der Waals surface area contributed by atoms with E-state index in [1.807, 2.05) is 59.0 Å². The molecule has 1 fully saturated rings. The first kappa shape index (κ1) is 29.1. The van der Waals surface area contributed by atoms with Crippen molar-refractivity contribution in [3.63, 3.8) is 0 Å². The molecular weight excluding hydrogens is 531 g/mol. The topological polar surface area (TPSA) is 61.9 Å². The van der Waals surface area contributed by atoms with Gasteiger partial charge in [0.15, 0.2) is 5.76 Å². The number of rotatable bonds is 11. The number of nitrogens with zero attached hydrogens (tertiary/aromatic N) is 4. The van der Waals surface area contributed by atoms with Crippen LogP contribution in [0.2, 0.25) is 0 Å². The number of hydrogen-bond acceptors (Lipinski definition) is 4. The summed E-state index contributed by atoms with van der Waals surface area (Å²) < 4.78 is 21.4. The van der Waals surface area contributed by atoms with Crippen LogP contribution in [0.5, 0.6) is 0 Å². The van der Waals surface area contributed by atoms with Crippen LogP contribution in [-0.4, -0.2) is 70.3 Å². The highest BCUT2D eigenvalue weighted by Gasteiger charge is 2.24. The maximum atomic E-state index is 13.4. The number of aromatic nitrogens is 1. The number of halogens is 1. The Kier molecular flexibility index (Phi) is 9.66. The molecule has 1 saturated heterocycles. The van der Waals surface area contributed by atoms with E-state index in [0.29, 0.717) is 49.8 Å². The fourth-order valence-electron chi connectivity index (χ4n) is 5.18. The predicted molar refractivity (Wildman–Crippen MR) is 161 cm³/mol. The quantitative estimate of drug-likeness (QED) is 0.230. The van der Waals surface area contributed by atoms with E-state index in [0.717, 1.165) is 31.7 Å². The third-order valence-electron chi connectivity index (χ3n) is 7.48. The van der Waals surface area contributed by atoms with Gasteiger partial charge in [-0.3, -0.25) is 14.5 Å². The van der Waals surface area contributed by atoms with Crippen LogP contribution in [0.4, 0.5) is 4.39 Å². The molecule has 0 spiro atoms. The lowest BCUT2D eigenvalue weighted by molar-refractivity contribution is 0.0616. The second kappa shape index (κ2) is 14.0. The van der Waals surface area contributed by atoms with Gasteiger partial charge in [-0.1, -0.05) is 49.4 Å². The molecule has 5 rings (SSSR count). The molecule has 3 heterocycles. The summed E-state index contributed by atoms with van der Waals surface area (Å²) in [6.07, 6.45) is 7.04. The second-order valence-corrected chi connectivity index (χ2v) is 10.5. The molecule has 1 aliphatic rings. The molecule has 1 aliphatic heterocycles. The fourth-order valence-corrected chi connectivity index (χ4v) is 5.18. The summed E-state index contributed by atoms with van der Waals surface area (Å²) in [4.78, 5) is 32.3. The van der Waals surface area contributed by atoms with Crippen molar-refractivity contribution >= 4 is 17.9 Å². The van der Waals surface area contributed by atoms with E-state index >= 15 is 0 Å². The van der Waals surface area contributed by atoms with Crippen molar-refractivity contribution in [2.24, 2.45) is 0 Å². The standard InChI is InChI=1S/C34H37FN4O3/c1-2-18-39(33(40)28-12-14-29(35)15-13-28)25-30-11-7-20-38(30)26-31-16-17-32(42-31)34(41)37-23-21-36(22-24-37)19-6-10-27-8-4-3-5-9-27/h3-17,20H,2,18-19,21-26H2,1H3/b10-6+. The van der Waals surface area contributed by atoms with Crippen LogP contribution in [0.1, 0.15) is 51.3 Å². The zero-order valence-corrected chi connectivity index (χ0v) is 24.0. The molecule has 0 aliphatic carbocycles. The summed E-state index contributed by atoms with van der Waals surface area (Å²) >= 11 is 0. The minimum Gasteiger partial charge on any atom is -0.454 e. The van der Waals surface area contributed by atoms with Crippen LogP contribution in [0.15, 0.2) is 95.6 Å². The van der Waals surface area contributed by atoms with Gasteiger partial charge in [-0.05, 0) is 60.5 Å². The van der Waals surface area contributed by atoms with E-state index in [-0.39, 0.29) is 17.6 Å². The van der Waals surface area contributed by atoms with Gasteiger partial charge in [-0.15, -0.1) is 0 Å². The van der Waals surface area contributed by atoms with E-state index in [9.17, 15) is 14.0 Å². The zero-order valence-electron chi connectivity index (χ0n) is 24.0. The average Bonchev–Trinajstić information content (AvgIpc) is 3.67. The Labute approximate surface area is 246 Å². The van der Waals surface area contributed by atoms with Crippen LogP contribution in [0, 0.1) is 5.82 Å². The number of piperazine rings is 1. The van der Waals surface area contributed by atoms with E-state index in [1.54, 1.807) is 11.0 Å². The van der Waals surface area contributed by atoms with E-state index < -0.39 is 0 Å². The van der Waals surface area contributed by atoms with Crippen LogP contribution in [-0.2, 0) is 13.1 Å². The Hall–Kier alpha value is -4.43. The number of hydrogen-bond donors (Lipinski definition) is 0. The number of amides is 2. The Morgan fingerprint density at radius 2 is 1.69 bits per heavy atom. The Balaban J connectivity index is 1.15. The minimum absolute atomic E-state index is 0.0903. The van der Waals surface area contributed by atoms with Crippen molar-refractivity contribution in [1.82, 2.24) is 19.3 Å². The number of carbonyl (C=O) groups excluding carboxylic acids is 2. The van der Waals surface area contributed by atoms with Crippen LogP contribution >= 0.6 is 0 Å². The lowest BCUT2D eigenvalue weighted by Gasteiger charge is -2.33. The lowest BCUT2D eigenvalue weighted by Crippen LogP contribution is -2.48. The zero-order chi connectivity index (χ0) is 29.3. The van der Waals surface area contributed by atoms with Crippen molar-refractivity contribution < 1.29 is 18.4 Å². The summed E-state index contributed by atoms with van der Waals surface area (Å²) in [5, 5.41) is 0. The molecule has 8 heteroatoms. The van der Waals surface area contributed by atoms with Crippen molar-refractivity contribution in [2.75, 3.05) is 39.3 Å². The first-order valence-corrected chi connectivity index (χ1v) is 14.5. The predicted octanol–water partition coefficient (Wildman–Crippen LogP) is 5.79. The molecule has 0 N–H and O–H groups in total. The molecule has 218 valence electrons. The molecular formula is C34H37FN4O3. The van der Waals surface area contributed by atoms with Gasteiger partial charge < -0.3 is 18.8 Å². The SMILES string of the molecule is CCCN(Cc1cccn1Cc1ccc(C(=O)N2CCN(C/C=C/c3ccccc3)CC2)o1)C(=O)c1ccc(F)cc1. The lowest BCUT2D eigenvalue weighted by atomic mass is 10.2. The smallest absolute Gasteiger partial charge is 0.289 e. The molecule has 42 heavy (non-hydrogen) atoms. The first-order chi connectivity index (χ1) is 20.5. The monoisotopic (exact) mass is 568 g/mol. The maximum absolute atomic E-state index is 13.4. The third kappa shape index (κ3) is 7.44. The first-order valence-electron chi connectivity index (χ1n) is 14.5.